The van der Waals surface area contributed by atoms with E-state index in [0.717, 1.165) is 23.3 Å². The molecule has 0 aliphatic heterocycles. The number of hydrogen-bond donors (Lipinski definition) is 0. The van der Waals surface area contributed by atoms with Crippen LogP contribution in [0, 0.1) is 17.8 Å². The highest BCUT2D eigenvalue weighted by Crippen LogP contribution is 2.15. The summed E-state index contributed by atoms with van der Waals surface area (Å²) in [5.74, 6) is 7.63. The molecular weight excluding hydrogens is 324 g/mol. The van der Waals surface area contributed by atoms with E-state index < -0.39 is 0 Å². The maximum Gasteiger partial charge on any atom is 0.130 e. The Labute approximate surface area is 156 Å². The molecule has 1 unspecified atom stereocenters. The predicted octanol–water partition coefficient (Wildman–Crippen LogP) is 4.27. The van der Waals surface area contributed by atoms with Crippen LogP contribution in [-0.4, -0.2) is 26.1 Å². The molecule has 3 heteroatoms. The minimum Gasteiger partial charge on any atom is -0.494 e. The highest BCUT2D eigenvalue weighted by Gasteiger charge is 2.12. The molecule has 0 radical (unpaired) electrons. The van der Waals surface area contributed by atoms with Gasteiger partial charge in [-0.05, 0) is 68.1 Å². The van der Waals surface area contributed by atoms with Gasteiger partial charge < -0.3 is 14.3 Å². The zero-order valence-corrected chi connectivity index (χ0v) is 15.7. The first-order valence-corrected chi connectivity index (χ1v) is 8.93. The number of Topliss-reactive ketones (excluding diaryl/α,β-unsaturated/α-hetero) is 1. The lowest BCUT2D eigenvalue weighted by molar-refractivity contribution is -0.118. The maximum absolute atomic E-state index is 11.4. The Morgan fingerprint density at radius 1 is 1.00 bits per heavy atom. The van der Waals surface area contributed by atoms with Crippen molar-refractivity contribution in [3.63, 3.8) is 0 Å². The molecule has 0 heterocycles. The van der Waals surface area contributed by atoms with Crippen molar-refractivity contribution in [3.8, 4) is 17.6 Å². The van der Waals surface area contributed by atoms with E-state index in [-0.39, 0.29) is 11.7 Å². The Bertz CT molecular complexity index is 749. The van der Waals surface area contributed by atoms with Crippen LogP contribution in [0.4, 0.5) is 0 Å². The monoisotopic (exact) mass is 350 g/mol. The second-order valence-corrected chi connectivity index (χ2v) is 6.34. The summed E-state index contributed by atoms with van der Waals surface area (Å²) in [6.07, 6.45) is 1.38. The van der Waals surface area contributed by atoms with Crippen molar-refractivity contribution >= 4 is 5.78 Å². The molecule has 0 saturated carbocycles. The quantitative estimate of drug-likeness (QED) is 0.667. The molecule has 0 bridgehead atoms. The molecule has 2 rings (SSSR count). The van der Waals surface area contributed by atoms with Crippen LogP contribution in [0.1, 0.15) is 37.0 Å². The normalized spacial score (nSPS) is 11.3. The zero-order valence-electron chi connectivity index (χ0n) is 15.7. The van der Waals surface area contributed by atoms with E-state index in [1.165, 1.54) is 5.56 Å². The van der Waals surface area contributed by atoms with Crippen molar-refractivity contribution in [2.75, 3.05) is 20.3 Å². The standard InChI is InChI=1S/C23H26O3/c1-4-26-23-13-11-20(12-14-23)6-5-19-7-9-21(10-8-19)16-22(17-25-3)15-18(2)24/h7-14,22H,4,15-17H2,1-3H3. The lowest BCUT2D eigenvalue weighted by atomic mass is 9.95. The van der Waals surface area contributed by atoms with Gasteiger partial charge in [0.2, 0.25) is 0 Å². The lowest BCUT2D eigenvalue weighted by Crippen LogP contribution is -2.14. The average Bonchev–Trinajstić information content (AvgIpc) is 2.62. The van der Waals surface area contributed by atoms with Gasteiger partial charge in [0.1, 0.15) is 11.5 Å². The first kappa shape index (κ1) is 19.8. The maximum atomic E-state index is 11.4. The Kier molecular flexibility index (Phi) is 7.92. The fourth-order valence-electron chi connectivity index (χ4n) is 2.84. The average molecular weight is 350 g/mol. The van der Waals surface area contributed by atoms with Gasteiger partial charge in [-0.1, -0.05) is 24.0 Å². The Hall–Kier alpha value is -2.57. The van der Waals surface area contributed by atoms with Crippen LogP contribution < -0.4 is 4.74 Å². The van der Waals surface area contributed by atoms with Crippen LogP contribution in [0.15, 0.2) is 48.5 Å². The molecule has 0 aliphatic rings. The van der Waals surface area contributed by atoms with Gasteiger partial charge in [0.25, 0.3) is 0 Å². The third kappa shape index (κ3) is 6.74. The number of rotatable bonds is 8. The smallest absolute Gasteiger partial charge is 0.130 e. The fourth-order valence-corrected chi connectivity index (χ4v) is 2.84. The minimum atomic E-state index is 0.199. The molecule has 0 N–H and O–H groups in total. The van der Waals surface area contributed by atoms with Gasteiger partial charge in [0.15, 0.2) is 0 Å². The van der Waals surface area contributed by atoms with Crippen LogP contribution in [0.3, 0.4) is 0 Å². The molecule has 3 nitrogen and oxygen atoms in total. The van der Waals surface area contributed by atoms with Crippen molar-refractivity contribution < 1.29 is 14.3 Å². The first-order valence-electron chi connectivity index (χ1n) is 8.93. The minimum absolute atomic E-state index is 0.199. The van der Waals surface area contributed by atoms with E-state index in [9.17, 15) is 4.79 Å². The van der Waals surface area contributed by atoms with Crippen LogP contribution >= 0.6 is 0 Å². The van der Waals surface area contributed by atoms with Gasteiger partial charge in [-0.3, -0.25) is 0 Å². The van der Waals surface area contributed by atoms with E-state index in [1.54, 1.807) is 14.0 Å². The van der Waals surface area contributed by atoms with Crippen LogP contribution in [-0.2, 0) is 16.0 Å². The van der Waals surface area contributed by atoms with Gasteiger partial charge >= 0.3 is 0 Å². The van der Waals surface area contributed by atoms with Crippen molar-refractivity contribution in [1.29, 1.82) is 0 Å². The summed E-state index contributed by atoms with van der Waals surface area (Å²) in [7, 11) is 1.67. The number of carbonyl (C=O) groups is 1. The number of benzene rings is 2. The highest BCUT2D eigenvalue weighted by molar-refractivity contribution is 5.75. The van der Waals surface area contributed by atoms with Crippen molar-refractivity contribution in [2.24, 2.45) is 5.92 Å². The van der Waals surface area contributed by atoms with E-state index in [4.69, 9.17) is 9.47 Å². The number of ether oxygens (including phenoxy) is 2. The molecule has 0 saturated heterocycles. The summed E-state index contributed by atoms with van der Waals surface area (Å²) < 4.78 is 10.7. The third-order valence-corrected chi connectivity index (χ3v) is 3.97. The molecule has 0 aliphatic carbocycles. The van der Waals surface area contributed by atoms with Crippen molar-refractivity contribution in [1.82, 2.24) is 0 Å². The topological polar surface area (TPSA) is 35.5 Å². The molecular formula is C23H26O3. The molecule has 0 aromatic heterocycles. The van der Waals surface area contributed by atoms with Crippen LogP contribution in [0.2, 0.25) is 0 Å². The molecule has 2 aromatic rings. The third-order valence-electron chi connectivity index (χ3n) is 3.97. The van der Waals surface area contributed by atoms with E-state index >= 15 is 0 Å². The predicted molar refractivity (Wildman–Crippen MR) is 104 cm³/mol. The van der Waals surface area contributed by atoms with Gasteiger partial charge in [0.05, 0.1) is 6.61 Å². The van der Waals surface area contributed by atoms with Crippen LogP contribution in [0.25, 0.3) is 0 Å². The van der Waals surface area contributed by atoms with Crippen molar-refractivity contribution in [2.45, 2.75) is 26.7 Å². The first-order chi connectivity index (χ1) is 12.6. The molecule has 0 spiro atoms. The Morgan fingerprint density at radius 2 is 1.58 bits per heavy atom. The van der Waals surface area contributed by atoms with Gasteiger partial charge in [-0.15, -0.1) is 0 Å². The second kappa shape index (κ2) is 10.4. The summed E-state index contributed by atoms with van der Waals surface area (Å²) in [5.41, 5.74) is 3.12. The molecule has 1 atom stereocenters. The number of carbonyl (C=O) groups excluding carboxylic acids is 1. The van der Waals surface area contributed by atoms with E-state index in [1.807, 2.05) is 43.3 Å². The van der Waals surface area contributed by atoms with E-state index in [0.29, 0.717) is 19.6 Å². The second-order valence-electron chi connectivity index (χ2n) is 6.34. The van der Waals surface area contributed by atoms with Gasteiger partial charge in [0, 0.05) is 31.3 Å². The molecule has 0 fully saturated rings. The largest absolute Gasteiger partial charge is 0.494 e. The molecule has 136 valence electrons. The summed E-state index contributed by atoms with van der Waals surface area (Å²) in [6.45, 7) is 4.85. The molecule has 2 aromatic carbocycles. The summed E-state index contributed by atoms with van der Waals surface area (Å²) in [5, 5.41) is 0. The fraction of sp³-hybridized carbons (Fsp3) is 0.348. The number of methoxy groups -OCH3 is 1. The summed E-state index contributed by atoms with van der Waals surface area (Å²) in [6, 6.07) is 16.0. The van der Waals surface area contributed by atoms with Gasteiger partial charge in [-0.25, -0.2) is 0 Å². The molecule has 0 amide bonds. The molecule has 26 heavy (non-hydrogen) atoms. The van der Waals surface area contributed by atoms with Crippen molar-refractivity contribution in [3.05, 3.63) is 65.2 Å². The van der Waals surface area contributed by atoms with Gasteiger partial charge in [-0.2, -0.15) is 0 Å². The highest BCUT2D eigenvalue weighted by atomic mass is 16.5. The van der Waals surface area contributed by atoms with Crippen LogP contribution in [0.5, 0.6) is 5.75 Å². The SMILES string of the molecule is CCOc1ccc(C#Cc2ccc(CC(COC)CC(C)=O)cc2)cc1. The Morgan fingerprint density at radius 3 is 2.08 bits per heavy atom. The summed E-state index contributed by atoms with van der Waals surface area (Å²) >= 11 is 0. The summed E-state index contributed by atoms with van der Waals surface area (Å²) in [4.78, 5) is 11.4. The number of ketones is 1. The Balaban J connectivity index is 1.99. The van der Waals surface area contributed by atoms with E-state index in [2.05, 4.69) is 24.0 Å². The number of hydrogen-bond acceptors (Lipinski definition) is 3. The zero-order chi connectivity index (χ0) is 18.8. The lowest BCUT2D eigenvalue weighted by Gasteiger charge is -2.14.